The van der Waals surface area contributed by atoms with Gasteiger partial charge >= 0.3 is 6.18 Å². The van der Waals surface area contributed by atoms with Crippen LogP contribution in [0, 0.1) is 18.2 Å². The summed E-state index contributed by atoms with van der Waals surface area (Å²) in [7, 11) is 0. The first-order valence-electron chi connectivity index (χ1n) is 5.58. The van der Waals surface area contributed by atoms with Crippen molar-refractivity contribution in [3.8, 4) is 12.3 Å². The van der Waals surface area contributed by atoms with Crippen molar-refractivity contribution < 1.29 is 17.6 Å². The average Bonchev–Trinajstić information content (AvgIpc) is 2.33. The van der Waals surface area contributed by atoms with Crippen LogP contribution in [0.4, 0.5) is 17.6 Å². The molecule has 2 unspecified atom stereocenters. The third kappa shape index (κ3) is 4.23. The minimum absolute atomic E-state index is 0.00672. The van der Waals surface area contributed by atoms with E-state index in [4.69, 9.17) is 12.2 Å². The van der Waals surface area contributed by atoms with Crippen LogP contribution >= 0.6 is 0 Å². The molecule has 0 aliphatic carbocycles. The number of hydrogen-bond acceptors (Lipinski definition) is 2. The van der Waals surface area contributed by atoms with Gasteiger partial charge in [0.15, 0.2) is 0 Å². The predicted molar refractivity (Wildman–Crippen MR) is 64.6 cm³/mol. The number of alkyl halides is 3. The first-order valence-corrected chi connectivity index (χ1v) is 5.58. The predicted octanol–water partition coefficient (Wildman–Crippen LogP) is 2.46. The highest BCUT2D eigenvalue weighted by molar-refractivity contribution is 5.29. The summed E-state index contributed by atoms with van der Waals surface area (Å²) in [5.74, 6) is 1.42. The number of rotatable bonds is 4. The van der Waals surface area contributed by atoms with E-state index in [9.17, 15) is 17.6 Å². The highest BCUT2D eigenvalue weighted by atomic mass is 19.4. The third-order valence-corrected chi connectivity index (χ3v) is 2.59. The molecule has 6 heteroatoms. The van der Waals surface area contributed by atoms with Crippen LogP contribution < -0.4 is 11.1 Å². The first kappa shape index (κ1) is 15.5. The molecule has 0 amide bonds. The monoisotopic (exact) mass is 274 g/mol. The van der Waals surface area contributed by atoms with E-state index in [1.165, 1.54) is 0 Å². The molecule has 2 nitrogen and oxygen atoms in total. The van der Waals surface area contributed by atoms with E-state index in [2.05, 4.69) is 11.2 Å². The summed E-state index contributed by atoms with van der Waals surface area (Å²) < 4.78 is 51.0. The van der Waals surface area contributed by atoms with Crippen LogP contribution in [-0.2, 0) is 6.18 Å². The Morgan fingerprint density at radius 3 is 2.47 bits per heavy atom. The zero-order valence-corrected chi connectivity index (χ0v) is 10.3. The van der Waals surface area contributed by atoms with E-state index in [1.807, 2.05) is 0 Å². The summed E-state index contributed by atoms with van der Waals surface area (Å²) in [5, 5.41) is 2.84. The maximum atomic E-state index is 13.3. The van der Waals surface area contributed by atoms with Crippen molar-refractivity contribution in [3.05, 3.63) is 35.1 Å². The summed E-state index contributed by atoms with van der Waals surface area (Å²) >= 11 is 0. The molecule has 1 rings (SSSR count). The molecule has 3 N–H and O–H groups in total. The van der Waals surface area contributed by atoms with E-state index in [1.54, 1.807) is 6.92 Å². The highest BCUT2D eigenvalue weighted by Crippen LogP contribution is 2.31. The summed E-state index contributed by atoms with van der Waals surface area (Å²) in [5.41, 5.74) is 4.56. The van der Waals surface area contributed by atoms with Crippen LogP contribution in [0.1, 0.15) is 24.1 Å². The van der Waals surface area contributed by atoms with Gasteiger partial charge in [0.05, 0.1) is 11.6 Å². The van der Waals surface area contributed by atoms with Crippen molar-refractivity contribution in [2.75, 3.05) is 6.54 Å². The Kier molecular flexibility index (Phi) is 4.92. The van der Waals surface area contributed by atoms with Gasteiger partial charge in [-0.05, 0) is 30.7 Å². The SMILES string of the molecule is C#CC(C)NC(CN)c1cc(F)cc(C(F)(F)F)c1. The standard InChI is InChI=1S/C13H14F4N2/c1-3-8(2)19-12(7-18)9-4-10(13(15,16)17)6-11(14)5-9/h1,4-6,8,12,19H,7,18H2,2H3. The zero-order chi connectivity index (χ0) is 14.6. The lowest BCUT2D eigenvalue weighted by Gasteiger charge is -2.20. The van der Waals surface area contributed by atoms with Gasteiger partial charge in [-0.15, -0.1) is 6.42 Å². The van der Waals surface area contributed by atoms with Crippen molar-refractivity contribution in [3.63, 3.8) is 0 Å². The lowest BCUT2D eigenvalue weighted by Crippen LogP contribution is -2.34. The molecular weight excluding hydrogens is 260 g/mol. The fraction of sp³-hybridized carbons (Fsp3) is 0.385. The number of nitrogens with two attached hydrogens (primary N) is 1. The zero-order valence-electron chi connectivity index (χ0n) is 10.3. The summed E-state index contributed by atoms with van der Waals surface area (Å²) in [6.07, 6.45) is 0.571. The van der Waals surface area contributed by atoms with E-state index < -0.39 is 23.6 Å². The Hall–Kier alpha value is -1.58. The smallest absolute Gasteiger partial charge is 0.329 e. The van der Waals surface area contributed by atoms with E-state index >= 15 is 0 Å². The lowest BCUT2D eigenvalue weighted by molar-refractivity contribution is -0.137. The van der Waals surface area contributed by atoms with Crippen LogP contribution in [-0.4, -0.2) is 12.6 Å². The van der Waals surface area contributed by atoms with Crippen molar-refractivity contribution in [1.29, 1.82) is 0 Å². The molecule has 1 aromatic rings. The molecule has 1 aromatic carbocycles. The van der Waals surface area contributed by atoms with Crippen LogP contribution in [0.15, 0.2) is 18.2 Å². The number of hydrogen-bond donors (Lipinski definition) is 2. The number of benzene rings is 1. The maximum absolute atomic E-state index is 13.3. The topological polar surface area (TPSA) is 38.0 Å². The summed E-state index contributed by atoms with van der Waals surface area (Å²) in [6.45, 7) is 1.67. The lowest BCUT2D eigenvalue weighted by atomic mass is 10.0. The van der Waals surface area contributed by atoms with Crippen molar-refractivity contribution in [1.82, 2.24) is 5.32 Å². The van der Waals surface area contributed by atoms with Crippen LogP contribution in [0.25, 0.3) is 0 Å². The molecule has 0 spiro atoms. The van der Waals surface area contributed by atoms with Crippen LogP contribution in [0.5, 0.6) is 0 Å². The van der Waals surface area contributed by atoms with Gasteiger partial charge in [0.25, 0.3) is 0 Å². The Labute approximate surface area is 109 Å². The van der Waals surface area contributed by atoms with Crippen LogP contribution in [0.2, 0.25) is 0 Å². The Morgan fingerprint density at radius 2 is 2.00 bits per heavy atom. The summed E-state index contributed by atoms with van der Waals surface area (Å²) in [6, 6.07) is 1.32. The van der Waals surface area contributed by atoms with Crippen molar-refractivity contribution >= 4 is 0 Å². The number of terminal acetylenes is 1. The molecule has 0 heterocycles. The quantitative estimate of drug-likeness (QED) is 0.654. The van der Waals surface area contributed by atoms with Crippen molar-refractivity contribution in [2.45, 2.75) is 25.2 Å². The van der Waals surface area contributed by atoms with Gasteiger partial charge in [0, 0.05) is 12.6 Å². The third-order valence-electron chi connectivity index (χ3n) is 2.59. The number of nitrogens with one attached hydrogen (secondary N) is 1. The average molecular weight is 274 g/mol. The fourth-order valence-electron chi connectivity index (χ4n) is 1.63. The maximum Gasteiger partial charge on any atom is 0.416 e. The van der Waals surface area contributed by atoms with Gasteiger partial charge in [0.1, 0.15) is 5.82 Å². The van der Waals surface area contributed by atoms with Gasteiger partial charge in [-0.3, -0.25) is 5.32 Å². The van der Waals surface area contributed by atoms with E-state index in [0.717, 1.165) is 12.1 Å². The van der Waals surface area contributed by atoms with Gasteiger partial charge in [-0.25, -0.2) is 4.39 Å². The molecule has 0 radical (unpaired) electrons. The molecular formula is C13H14F4N2. The highest BCUT2D eigenvalue weighted by Gasteiger charge is 2.32. The first-order chi connectivity index (χ1) is 8.77. The molecule has 0 fully saturated rings. The second-order valence-electron chi connectivity index (χ2n) is 4.11. The Balaban J connectivity index is 3.11. The molecule has 0 aliphatic heterocycles. The minimum Gasteiger partial charge on any atom is -0.329 e. The van der Waals surface area contributed by atoms with Gasteiger partial charge in [-0.1, -0.05) is 5.92 Å². The molecule has 2 atom stereocenters. The molecule has 0 aromatic heterocycles. The minimum atomic E-state index is -4.60. The van der Waals surface area contributed by atoms with Gasteiger partial charge < -0.3 is 5.73 Å². The second kappa shape index (κ2) is 6.04. The largest absolute Gasteiger partial charge is 0.416 e. The van der Waals surface area contributed by atoms with Gasteiger partial charge in [-0.2, -0.15) is 13.2 Å². The van der Waals surface area contributed by atoms with Crippen LogP contribution in [0.3, 0.4) is 0 Å². The Bertz CT molecular complexity index is 477. The fourth-order valence-corrected chi connectivity index (χ4v) is 1.63. The van der Waals surface area contributed by atoms with Gasteiger partial charge in [0.2, 0.25) is 0 Å². The van der Waals surface area contributed by atoms with E-state index in [-0.39, 0.29) is 18.2 Å². The summed E-state index contributed by atoms with van der Waals surface area (Å²) in [4.78, 5) is 0. The molecule has 19 heavy (non-hydrogen) atoms. The van der Waals surface area contributed by atoms with Crippen molar-refractivity contribution in [2.24, 2.45) is 5.73 Å². The number of halogens is 4. The molecule has 0 saturated carbocycles. The normalized spacial score (nSPS) is 14.8. The molecule has 104 valence electrons. The molecule has 0 aliphatic rings. The molecule has 0 saturated heterocycles. The Morgan fingerprint density at radius 1 is 1.37 bits per heavy atom. The molecule has 0 bridgehead atoms. The van der Waals surface area contributed by atoms with E-state index in [0.29, 0.717) is 6.07 Å². The second-order valence-corrected chi connectivity index (χ2v) is 4.11.